The minimum atomic E-state index is -0.801. The molecule has 2 aromatic heterocycles. The van der Waals surface area contributed by atoms with Gasteiger partial charge in [0, 0.05) is 24.2 Å². The van der Waals surface area contributed by atoms with Gasteiger partial charge in [-0.3, -0.25) is 19.6 Å². The minimum Gasteiger partial charge on any atom is -0.507 e. The molecule has 1 aliphatic rings. The van der Waals surface area contributed by atoms with Gasteiger partial charge < -0.3 is 14.7 Å². The van der Waals surface area contributed by atoms with Crippen LogP contribution in [0.4, 0.5) is 0 Å². The highest BCUT2D eigenvalue weighted by atomic mass is 16.5. The van der Waals surface area contributed by atoms with E-state index < -0.39 is 17.7 Å². The summed E-state index contributed by atoms with van der Waals surface area (Å²) in [4.78, 5) is 36.3. The number of aryl methyl sites for hydroxylation is 1. The molecule has 5 rings (SSSR count). The number of ketones is 1. The van der Waals surface area contributed by atoms with E-state index in [0.29, 0.717) is 29.2 Å². The Bertz CT molecular complexity index is 1450. The molecule has 7 heteroatoms. The van der Waals surface area contributed by atoms with Gasteiger partial charge in [-0.05, 0) is 60.0 Å². The van der Waals surface area contributed by atoms with Gasteiger partial charge in [0.1, 0.15) is 18.1 Å². The van der Waals surface area contributed by atoms with Crippen molar-refractivity contribution in [2.75, 3.05) is 0 Å². The molecule has 1 N–H and O–H groups in total. The number of hydrogen-bond acceptors (Lipinski definition) is 6. The van der Waals surface area contributed by atoms with E-state index in [9.17, 15) is 14.7 Å². The quantitative estimate of drug-likeness (QED) is 0.223. The average Bonchev–Trinajstić information content (AvgIpc) is 3.18. The van der Waals surface area contributed by atoms with Gasteiger partial charge in [-0.25, -0.2) is 0 Å². The molecule has 1 unspecified atom stereocenters. The van der Waals surface area contributed by atoms with Gasteiger partial charge in [-0.2, -0.15) is 0 Å². The molecule has 0 spiro atoms. The number of carbonyl (C=O) groups is 2. The largest absolute Gasteiger partial charge is 0.507 e. The Hall–Kier alpha value is -4.78. The van der Waals surface area contributed by atoms with Gasteiger partial charge in [-0.1, -0.05) is 42.5 Å². The first-order chi connectivity index (χ1) is 18.0. The first-order valence-electron chi connectivity index (χ1n) is 11.9. The van der Waals surface area contributed by atoms with Crippen LogP contribution in [-0.4, -0.2) is 31.7 Å². The van der Waals surface area contributed by atoms with Crippen molar-refractivity contribution < 1.29 is 19.4 Å². The summed E-state index contributed by atoms with van der Waals surface area (Å²) < 4.78 is 5.95. The number of hydrogen-bond donors (Lipinski definition) is 1. The molecule has 0 aliphatic carbocycles. The van der Waals surface area contributed by atoms with E-state index in [1.807, 2.05) is 43.3 Å². The van der Waals surface area contributed by atoms with Gasteiger partial charge in [0.25, 0.3) is 11.7 Å². The van der Waals surface area contributed by atoms with Crippen LogP contribution in [-0.2, 0) is 22.7 Å². The lowest BCUT2D eigenvalue weighted by Gasteiger charge is -2.24. The topological polar surface area (TPSA) is 92.6 Å². The summed E-state index contributed by atoms with van der Waals surface area (Å²) in [5, 5.41) is 11.4. The Labute approximate surface area is 214 Å². The lowest BCUT2D eigenvalue weighted by molar-refractivity contribution is -0.140. The number of aromatic nitrogens is 2. The number of amides is 1. The highest BCUT2D eigenvalue weighted by Gasteiger charge is 2.46. The van der Waals surface area contributed by atoms with Crippen molar-refractivity contribution in [3.63, 3.8) is 0 Å². The number of benzene rings is 2. The number of carbonyl (C=O) groups excluding carboxylic acids is 2. The zero-order chi connectivity index (χ0) is 25.8. The van der Waals surface area contributed by atoms with Crippen molar-refractivity contribution in [3.8, 4) is 5.75 Å². The van der Waals surface area contributed by atoms with Crippen LogP contribution in [0.25, 0.3) is 5.76 Å². The van der Waals surface area contributed by atoms with Crippen LogP contribution in [0, 0.1) is 6.92 Å². The van der Waals surface area contributed by atoms with Crippen molar-refractivity contribution in [2.24, 2.45) is 0 Å². The van der Waals surface area contributed by atoms with Crippen molar-refractivity contribution in [1.82, 2.24) is 14.9 Å². The van der Waals surface area contributed by atoms with E-state index >= 15 is 0 Å². The maximum Gasteiger partial charge on any atom is 0.296 e. The maximum atomic E-state index is 13.2. The third kappa shape index (κ3) is 4.97. The van der Waals surface area contributed by atoms with Crippen molar-refractivity contribution in [1.29, 1.82) is 0 Å². The van der Waals surface area contributed by atoms with Gasteiger partial charge >= 0.3 is 0 Å². The number of rotatable bonds is 7. The van der Waals surface area contributed by atoms with E-state index in [1.54, 1.807) is 61.1 Å². The summed E-state index contributed by atoms with van der Waals surface area (Å²) in [5.41, 5.74) is 3.53. The fourth-order valence-electron chi connectivity index (χ4n) is 4.44. The second-order valence-corrected chi connectivity index (χ2v) is 8.79. The molecule has 0 radical (unpaired) electrons. The number of aliphatic hydroxyl groups excluding tert-OH is 1. The van der Waals surface area contributed by atoms with Crippen LogP contribution in [0.5, 0.6) is 5.75 Å². The Morgan fingerprint density at radius 3 is 2.49 bits per heavy atom. The molecule has 1 amide bonds. The highest BCUT2D eigenvalue weighted by Crippen LogP contribution is 2.40. The molecule has 1 aliphatic heterocycles. The highest BCUT2D eigenvalue weighted by molar-refractivity contribution is 6.46. The maximum absolute atomic E-state index is 13.2. The van der Waals surface area contributed by atoms with Gasteiger partial charge in [0.2, 0.25) is 0 Å². The number of nitrogens with zero attached hydrogens (tertiary/aromatic N) is 3. The number of likely N-dealkylation sites (tertiary alicyclic amines) is 1. The molecule has 1 fully saturated rings. The fraction of sp³-hybridized carbons (Fsp3) is 0.133. The standard InChI is InChI=1S/C30H25N3O4/c1-20-16-22(12-13-25(20)37-19-21-8-3-2-4-9-21)28(34)26-27(23-10-7-14-31-17-23)33(30(36)29(26)35)18-24-11-5-6-15-32-24/h2-17,27,34H,18-19H2,1H3/b28-26-. The fourth-order valence-corrected chi connectivity index (χ4v) is 4.44. The van der Waals surface area contributed by atoms with E-state index in [2.05, 4.69) is 9.97 Å². The zero-order valence-corrected chi connectivity index (χ0v) is 20.2. The molecule has 7 nitrogen and oxygen atoms in total. The number of aliphatic hydroxyl groups is 1. The lowest BCUT2D eigenvalue weighted by Crippen LogP contribution is -2.29. The van der Waals surface area contributed by atoms with Gasteiger partial charge in [0.05, 0.1) is 23.9 Å². The number of Topliss-reactive ketones (excluding diaryl/α,β-unsaturated/α-hetero) is 1. The van der Waals surface area contributed by atoms with E-state index in [4.69, 9.17) is 4.74 Å². The van der Waals surface area contributed by atoms with Crippen molar-refractivity contribution in [3.05, 3.63) is 131 Å². The average molecular weight is 492 g/mol. The molecule has 184 valence electrons. The second-order valence-electron chi connectivity index (χ2n) is 8.79. The molecular formula is C30H25N3O4. The molecule has 2 aromatic carbocycles. The van der Waals surface area contributed by atoms with Crippen LogP contribution < -0.4 is 4.74 Å². The van der Waals surface area contributed by atoms with Gasteiger partial charge in [0.15, 0.2) is 0 Å². The molecule has 4 aromatic rings. The van der Waals surface area contributed by atoms with E-state index in [1.165, 1.54) is 4.90 Å². The zero-order valence-electron chi connectivity index (χ0n) is 20.2. The van der Waals surface area contributed by atoms with E-state index in [-0.39, 0.29) is 17.9 Å². The summed E-state index contributed by atoms with van der Waals surface area (Å²) in [5.74, 6) is -1.02. The van der Waals surface area contributed by atoms with Crippen molar-refractivity contribution in [2.45, 2.75) is 26.1 Å². The summed E-state index contributed by atoms with van der Waals surface area (Å²) in [6.45, 7) is 2.40. The molecule has 1 saturated heterocycles. The third-order valence-corrected chi connectivity index (χ3v) is 6.28. The first kappa shape index (κ1) is 23.9. The monoisotopic (exact) mass is 491 g/mol. The minimum absolute atomic E-state index is 0.0197. The summed E-state index contributed by atoms with van der Waals surface area (Å²) in [7, 11) is 0. The Morgan fingerprint density at radius 2 is 1.78 bits per heavy atom. The first-order valence-corrected chi connectivity index (χ1v) is 11.9. The smallest absolute Gasteiger partial charge is 0.296 e. The molecule has 37 heavy (non-hydrogen) atoms. The van der Waals surface area contributed by atoms with Crippen LogP contribution in [0.2, 0.25) is 0 Å². The summed E-state index contributed by atoms with van der Waals surface area (Å²) in [6, 6.07) is 23.1. The van der Waals surface area contributed by atoms with Crippen LogP contribution in [0.15, 0.2) is 103 Å². The predicted octanol–water partition coefficient (Wildman–Crippen LogP) is 4.99. The van der Waals surface area contributed by atoms with Crippen LogP contribution in [0.3, 0.4) is 0 Å². The molecular weight excluding hydrogens is 466 g/mol. The molecule has 3 heterocycles. The number of pyridine rings is 2. The number of ether oxygens (including phenoxy) is 1. The summed E-state index contributed by atoms with van der Waals surface area (Å²) >= 11 is 0. The normalized spacial score (nSPS) is 16.7. The predicted molar refractivity (Wildman–Crippen MR) is 138 cm³/mol. The van der Waals surface area contributed by atoms with Crippen molar-refractivity contribution >= 4 is 17.4 Å². The van der Waals surface area contributed by atoms with Crippen LogP contribution in [0.1, 0.15) is 34.0 Å². The Balaban J connectivity index is 1.50. The molecule has 1 atom stereocenters. The Kier molecular flexibility index (Phi) is 6.76. The molecule has 0 saturated carbocycles. The van der Waals surface area contributed by atoms with Crippen LogP contribution >= 0.6 is 0 Å². The second kappa shape index (κ2) is 10.5. The SMILES string of the molecule is Cc1cc(/C(O)=C2/C(=O)C(=O)N(Cc3ccccn3)C2c2cccnc2)ccc1OCc1ccccc1. The van der Waals surface area contributed by atoms with Gasteiger partial charge in [-0.15, -0.1) is 0 Å². The third-order valence-electron chi connectivity index (χ3n) is 6.28. The van der Waals surface area contributed by atoms with E-state index in [0.717, 1.165) is 11.1 Å². The lowest BCUT2D eigenvalue weighted by atomic mass is 9.95. The Morgan fingerprint density at radius 1 is 0.973 bits per heavy atom. The summed E-state index contributed by atoms with van der Waals surface area (Å²) in [6.07, 6.45) is 4.85. The molecule has 0 bridgehead atoms.